The summed E-state index contributed by atoms with van der Waals surface area (Å²) in [6.07, 6.45) is -4.03. The van der Waals surface area contributed by atoms with Gasteiger partial charge in [0.1, 0.15) is 11.5 Å². The lowest BCUT2D eigenvalue weighted by molar-refractivity contribution is -0.274. The Kier molecular flexibility index (Phi) is 6.90. The number of benzene rings is 1. The van der Waals surface area contributed by atoms with Crippen LogP contribution in [0.25, 0.3) is 0 Å². The van der Waals surface area contributed by atoms with Crippen molar-refractivity contribution in [3.63, 3.8) is 0 Å². The third-order valence-electron chi connectivity index (χ3n) is 2.00. The zero-order chi connectivity index (χ0) is 15.9. The molecule has 0 aliphatic heterocycles. The van der Waals surface area contributed by atoms with E-state index in [4.69, 9.17) is 9.05 Å². The van der Waals surface area contributed by atoms with Gasteiger partial charge in [-0.2, -0.15) is 0 Å². The standard InChI is InChI=1S/C12H16F3O4PS/c1-3-8-21-20(16,17-4-2)19-11-7-5-6-10(9-11)18-12(13,14)15/h5-7,9H,3-4,8H2,1-2H3. The third-order valence-corrected chi connectivity index (χ3v) is 5.95. The van der Waals surface area contributed by atoms with Gasteiger partial charge < -0.3 is 9.26 Å². The molecule has 9 heteroatoms. The summed E-state index contributed by atoms with van der Waals surface area (Å²) >= 11 is 1.01. The Morgan fingerprint density at radius 3 is 2.48 bits per heavy atom. The van der Waals surface area contributed by atoms with E-state index < -0.39 is 18.9 Å². The molecule has 0 N–H and O–H groups in total. The van der Waals surface area contributed by atoms with E-state index in [0.29, 0.717) is 5.75 Å². The van der Waals surface area contributed by atoms with Gasteiger partial charge in [-0.25, -0.2) is 4.57 Å². The number of alkyl halides is 3. The SMILES string of the molecule is CCCSP(=O)(OCC)Oc1cccc(OC(F)(F)F)c1. The van der Waals surface area contributed by atoms with Crippen LogP contribution in [0.15, 0.2) is 24.3 Å². The summed E-state index contributed by atoms with van der Waals surface area (Å²) in [5.74, 6) is 0.108. The normalized spacial score (nSPS) is 14.5. The van der Waals surface area contributed by atoms with E-state index in [-0.39, 0.29) is 12.4 Å². The van der Waals surface area contributed by atoms with Gasteiger partial charge in [0, 0.05) is 11.8 Å². The third kappa shape index (κ3) is 7.11. The maximum absolute atomic E-state index is 12.4. The van der Waals surface area contributed by atoms with Crippen LogP contribution in [0.5, 0.6) is 11.5 Å². The van der Waals surface area contributed by atoms with E-state index in [1.807, 2.05) is 6.92 Å². The molecule has 0 saturated carbocycles. The van der Waals surface area contributed by atoms with Crippen molar-refractivity contribution in [3.05, 3.63) is 24.3 Å². The molecule has 1 unspecified atom stereocenters. The predicted octanol–water partition coefficient (Wildman–Crippen LogP) is 5.25. The molecule has 0 spiro atoms. The summed E-state index contributed by atoms with van der Waals surface area (Å²) in [5, 5.41) is 0. The van der Waals surface area contributed by atoms with Crippen molar-refractivity contribution in [3.8, 4) is 11.5 Å². The highest BCUT2D eigenvalue weighted by Gasteiger charge is 2.32. The predicted molar refractivity (Wildman–Crippen MR) is 75.7 cm³/mol. The lowest BCUT2D eigenvalue weighted by atomic mass is 10.3. The zero-order valence-corrected chi connectivity index (χ0v) is 13.3. The van der Waals surface area contributed by atoms with Gasteiger partial charge in [-0.05, 0) is 36.9 Å². The van der Waals surface area contributed by atoms with E-state index in [1.54, 1.807) is 6.92 Å². The Hall–Kier alpha value is -0.850. The smallest absolute Gasteiger partial charge is 0.417 e. The largest absolute Gasteiger partial charge is 0.573 e. The van der Waals surface area contributed by atoms with Crippen molar-refractivity contribution in [2.45, 2.75) is 26.6 Å². The summed E-state index contributed by atoms with van der Waals surface area (Å²) in [5.41, 5.74) is 0. The molecule has 0 heterocycles. The van der Waals surface area contributed by atoms with Crippen molar-refractivity contribution in [1.29, 1.82) is 0 Å². The summed E-state index contributed by atoms with van der Waals surface area (Å²) in [7, 11) is 0. The van der Waals surface area contributed by atoms with Crippen molar-refractivity contribution in [2.24, 2.45) is 0 Å². The Bertz CT molecular complexity index is 496. The highest BCUT2D eigenvalue weighted by atomic mass is 32.7. The summed E-state index contributed by atoms with van der Waals surface area (Å²) in [4.78, 5) is 0. The quantitative estimate of drug-likeness (QED) is 0.603. The lowest BCUT2D eigenvalue weighted by Crippen LogP contribution is -2.17. The molecule has 0 bridgehead atoms. The van der Waals surface area contributed by atoms with Gasteiger partial charge in [-0.15, -0.1) is 13.2 Å². The van der Waals surface area contributed by atoms with Crippen LogP contribution >= 0.6 is 18.2 Å². The van der Waals surface area contributed by atoms with Crippen LogP contribution in [0, 0.1) is 0 Å². The van der Waals surface area contributed by atoms with Gasteiger partial charge in [0.15, 0.2) is 0 Å². The molecule has 1 rings (SSSR count). The Balaban J connectivity index is 2.84. The lowest BCUT2D eigenvalue weighted by Gasteiger charge is -2.18. The molecule has 0 radical (unpaired) electrons. The van der Waals surface area contributed by atoms with Crippen molar-refractivity contribution in [2.75, 3.05) is 12.4 Å². The molecule has 0 aromatic heterocycles. The molecule has 1 aromatic carbocycles. The molecule has 0 saturated heterocycles. The van der Waals surface area contributed by atoms with Crippen LogP contribution in [0.2, 0.25) is 0 Å². The van der Waals surface area contributed by atoms with E-state index in [0.717, 1.165) is 29.9 Å². The fourth-order valence-corrected chi connectivity index (χ4v) is 4.76. The first-order valence-electron chi connectivity index (χ1n) is 6.22. The Morgan fingerprint density at radius 1 is 1.24 bits per heavy atom. The van der Waals surface area contributed by atoms with Crippen LogP contribution in [0.4, 0.5) is 13.2 Å². The molecular formula is C12H16F3O4PS. The summed E-state index contributed by atoms with van der Waals surface area (Å²) < 4.78 is 63.0. The van der Waals surface area contributed by atoms with Gasteiger partial charge in [0.25, 0.3) is 0 Å². The topological polar surface area (TPSA) is 44.8 Å². The zero-order valence-electron chi connectivity index (χ0n) is 11.6. The van der Waals surface area contributed by atoms with E-state index in [1.165, 1.54) is 12.1 Å². The number of ether oxygens (including phenoxy) is 1. The maximum atomic E-state index is 12.4. The molecule has 0 amide bonds. The first kappa shape index (κ1) is 18.2. The second-order valence-electron chi connectivity index (χ2n) is 3.81. The average Bonchev–Trinajstić information content (AvgIpc) is 2.35. The summed E-state index contributed by atoms with van der Waals surface area (Å²) in [6, 6.07) is 4.86. The van der Waals surface area contributed by atoms with Gasteiger partial charge in [-0.3, -0.25) is 4.52 Å². The number of hydrogen-bond donors (Lipinski definition) is 0. The van der Waals surface area contributed by atoms with Crippen molar-refractivity contribution in [1.82, 2.24) is 0 Å². The average molecular weight is 344 g/mol. The second-order valence-corrected chi connectivity index (χ2v) is 7.93. The molecular weight excluding hydrogens is 328 g/mol. The molecule has 0 aliphatic rings. The molecule has 21 heavy (non-hydrogen) atoms. The van der Waals surface area contributed by atoms with Crippen molar-refractivity contribution < 1.29 is 31.5 Å². The second kappa shape index (κ2) is 7.96. The summed E-state index contributed by atoms with van der Waals surface area (Å²) in [6.45, 7) is 0.287. The molecule has 1 atom stereocenters. The van der Waals surface area contributed by atoms with Gasteiger partial charge in [-0.1, -0.05) is 13.0 Å². The molecule has 0 fully saturated rings. The number of hydrogen-bond acceptors (Lipinski definition) is 5. The first-order valence-corrected chi connectivity index (χ1v) is 9.36. The van der Waals surface area contributed by atoms with E-state index in [9.17, 15) is 17.7 Å². The fraction of sp³-hybridized carbons (Fsp3) is 0.500. The maximum Gasteiger partial charge on any atom is 0.573 e. The minimum absolute atomic E-state index is 0.00265. The molecule has 4 nitrogen and oxygen atoms in total. The highest BCUT2D eigenvalue weighted by molar-refractivity contribution is 8.55. The van der Waals surface area contributed by atoms with Crippen LogP contribution in [0.1, 0.15) is 20.3 Å². The monoisotopic (exact) mass is 344 g/mol. The van der Waals surface area contributed by atoms with Crippen LogP contribution < -0.4 is 9.26 Å². The van der Waals surface area contributed by atoms with E-state index >= 15 is 0 Å². The molecule has 1 aromatic rings. The molecule has 120 valence electrons. The Labute approximate surface area is 125 Å². The molecule has 0 aliphatic carbocycles. The van der Waals surface area contributed by atoms with Crippen LogP contribution in [-0.4, -0.2) is 18.7 Å². The van der Waals surface area contributed by atoms with Crippen molar-refractivity contribution >= 4 is 18.2 Å². The van der Waals surface area contributed by atoms with Gasteiger partial charge >= 0.3 is 13.2 Å². The minimum atomic E-state index is -4.79. The first-order chi connectivity index (χ1) is 9.78. The minimum Gasteiger partial charge on any atom is -0.417 e. The Morgan fingerprint density at radius 2 is 1.90 bits per heavy atom. The number of rotatable bonds is 8. The van der Waals surface area contributed by atoms with Gasteiger partial charge in [0.05, 0.1) is 6.61 Å². The number of halogens is 3. The van der Waals surface area contributed by atoms with Gasteiger partial charge in [0.2, 0.25) is 0 Å². The van der Waals surface area contributed by atoms with E-state index in [2.05, 4.69) is 4.74 Å². The highest BCUT2D eigenvalue weighted by Crippen LogP contribution is 2.60. The fourth-order valence-electron chi connectivity index (χ4n) is 1.31. The van der Waals surface area contributed by atoms with Crippen LogP contribution in [0.3, 0.4) is 0 Å². The van der Waals surface area contributed by atoms with Crippen LogP contribution in [-0.2, 0) is 9.09 Å².